The van der Waals surface area contributed by atoms with Gasteiger partial charge in [-0.25, -0.2) is 0 Å². The van der Waals surface area contributed by atoms with Gasteiger partial charge in [0.25, 0.3) is 0 Å². The number of hydrogen-bond donors (Lipinski definition) is 2. The first kappa shape index (κ1) is 9.86. The fourth-order valence-electron chi connectivity index (χ4n) is 1.09. The summed E-state index contributed by atoms with van der Waals surface area (Å²) in [6, 6.07) is -0.685. The van der Waals surface area contributed by atoms with Crippen molar-refractivity contribution < 1.29 is 9.90 Å². The monoisotopic (exact) mass is 189 g/mol. The molecule has 1 aliphatic rings. The number of carboxylic acids is 1. The van der Waals surface area contributed by atoms with E-state index in [0.717, 1.165) is 11.7 Å². The van der Waals surface area contributed by atoms with E-state index in [1.165, 1.54) is 19.3 Å². The Morgan fingerprint density at radius 2 is 2.33 bits per heavy atom. The van der Waals surface area contributed by atoms with Gasteiger partial charge in [0, 0.05) is 5.75 Å². The Morgan fingerprint density at radius 3 is 2.75 bits per heavy atom. The SMILES string of the molecule is N[C@H](CSCC1CCC1)C(=O)O. The van der Waals surface area contributed by atoms with Crippen molar-refractivity contribution in [1.82, 2.24) is 0 Å². The van der Waals surface area contributed by atoms with E-state index in [1.54, 1.807) is 11.8 Å². The Balaban J connectivity index is 1.97. The van der Waals surface area contributed by atoms with Gasteiger partial charge in [-0.1, -0.05) is 6.42 Å². The molecule has 1 fully saturated rings. The first-order chi connectivity index (χ1) is 5.70. The standard InChI is InChI=1S/C8H15NO2S/c9-7(8(10)11)5-12-4-6-2-1-3-6/h6-7H,1-5,9H2,(H,10,11)/t7-/m1/s1. The summed E-state index contributed by atoms with van der Waals surface area (Å²) in [5.41, 5.74) is 5.34. The van der Waals surface area contributed by atoms with E-state index >= 15 is 0 Å². The third-order valence-electron chi connectivity index (χ3n) is 2.19. The van der Waals surface area contributed by atoms with Crippen LogP contribution in [0.15, 0.2) is 0 Å². The van der Waals surface area contributed by atoms with Crippen LogP contribution in [0.25, 0.3) is 0 Å². The Labute approximate surface area is 76.7 Å². The Morgan fingerprint density at radius 1 is 1.67 bits per heavy atom. The molecule has 0 radical (unpaired) electrons. The van der Waals surface area contributed by atoms with Crippen molar-refractivity contribution >= 4 is 17.7 Å². The summed E-state index contributed by atoms with van der Waals surface area (Å²) < 4.78 is 0. The first-order valence-electron chi connectivity index (χ1n) is 4.26. The summed E-state index contributed by atoms with van der Waals surface area (Å²) in [7, 11) is 0. The fraction of sp³-hybridized carbons (Fsp3) is 0.875. The van der Waals surface area contributed by atoms with Crippen molar-refractivity contribution in [1.29, 1.82) is 0 Å². The molecule has 4 heteroatoms. The zero-order chi connectivity index (χ0) is 8.97. The predicted octanol–water partition coefficient (Wildman–Crippen LogP) is 0.932. The Kier molecular flexibility index (Phi) is 3.88. The fourth-order valence-corrected chi connectivity index (χ4v) is 2.29. The zero-order valence-corrected chi connectivity index (χ0v) is 7.85. The molecule has 1 saturated carbocycles. The highest BCUT2D eigenvalue weighted by molar-refractivity contribution is 7.99. The van der Waals surface area contributed by atoms with Gasteiger partial charge in [-0.15, -0.1) is 0 Å². The predicted molar refractivity (Wildman–Crippen MR) is 50.3 cm³/mol. The van der Waals surface area contributed by atoms with Gasteiger partial charge >= 0.3 is 5.97 Å². The van der Waals surface area contributed by atoms with E-state index in [1.807, 2.05) is 0 Å². The third-order valence-corrected chi connectivity index (χ3v) is 3.49. The lowest BCUT2D eigenvalue weighted by atomic mass is 9.87. The number of thioether (sulfide) groups is 1. The molecule has 0 saturated heterocycles. The van der Waals surface area contributed by atoms with Crippen LogP contribution in [-0.4, -0.2) is 28.6 Å². The van der Waals surface area contributed by atoms with Gasteiger partial charge in [-0.05, 0) is 24.5 Å². The molecule has 0 aromatic heterocycles. The van der Waals surface area contributed by atoms with E-state index in [4.69, 9.17) is 10.8 Å². The van der Waals surface area contributed by atoms with Gasteiger partial charge in [0.15, 0.2) is 0 Å². The second-order valence-electron chi connectivity index (χ2n) is 3.28. The summed E-state index contributed by atoms with van der Waals surface area (Å²) in [5.74, 6) is 1.57. The highest BCUT2D eigenvalue weighted by Crippen LogP contribution is 2.29. The van der Waals surface area contributed by atoms with Crippen LogP contribution in [0.2, 0.25) is 0 Å². The highest BCUT2D eigenvalue weighted by Gasteiger charge is 2.18. The molecule has 0 amide bonds. The molecule has 0 aromatic carbocycles. The number of carbonyl (C=O) groups is 1. The van der Waals surface area contributed by atoms with Gasteiger partial charge in [0.1, 0.15) is 6.04 Å². The number of nitrogens with two attached hydrogens (primary N) is 1. The molecule has 3 nitrogen and oxygen atoms in total. The van der Waals surface area contributed by atoms with Crippen molar-refractivity contribution in [2.24, 2.45) is 11.7 Å². The molecule has 70 valence electrons. The minimum absolute atomic E-state index is 0.547. The smallest absolute Gasteiger partial charge is 0.321 e. The molecule has 0 unspecified atom stereocenters. The molecule has 1 atom stereocenters. The van der Waals surface area contributed by atoms with E-state index < -0.39 is 12.0 Å². The number of rotatable bonds is 5. The molecule has 0 bridgehead atoms. The van der Waals surface area contributed by atoms with Crippen molar-refractivity contribution in [2.45, 2.75) is 25.3 Å². The first-order valence-corrected chi connectivity index (χ1v) is 5.41. The molecule has 12 heavy (non-hydrogen) atoms. The van der Waals surface area contributed by atoms with Crippen molar-refractivity contribution in [3.63, 3.8) is 0 Å². The Bertz CT molecular complexity index is 159. The minimum Gasteiger partial charge on any atom is -0.480 e. The average molecular weight is 189 g/mol. The molecular weight excluding hydrogens is 174 g/mol. The quantitative estimate of drug-likeness (QED) is 0.675. The lowest BCUT2D eigenvalue weighted by Crippen LogP contribution is -2.33. The molecule has 1 aliphatic carbocycles. The lowest BCUT2D eigenvalue weighted by Gasteiger charge is -2.24. The van der Waals surface area contributed by atoms with Crippen LogP contribution in [-0.2, 0) is 4.79 Å². The normalized spacial score (nSPS) is 20.1. The van der Waals surface area contributed by atoms with E-state index in [-0.39, 0.29) is 0 Å². The maximum absolute atomic E-state index is 10.3. The van der Waals surface area contributed by atoms with E-state index in [9.17, 15) is 4.79 Å². The summed E-state index contributed by atoms with van der Waals surface area (Å²) in [5, 5.41) is 8.48. The Hall–Kier alpha value is -0.220. The van der Waals surface area contributed by atoms with Crippen LogP contribution < -0.4 is 5.73 Å². The van der Waals surface area contributed by atoms with Gasteiger partial charge < -0.3 is 10.8 Å². The molecule has 1 rings (SSSR count). The molecule has 0 heterocycles. The largest absolute Gasteiger partial charge is 0.480 e. The number of aliphatic carboxylic acids is 1. The molecule has 0 spiro atoms. The van der Waals surface area contributed by atoms with E-state index in [0.29, 0.717) is 5.75 Å². The van der Waals surface area contributed by atoms with Crippen molar-refractivity contribution in [3.05, 3.63) is 0 Å². The van der Waals surface area contributed by atoms with Gasteiger partial charge in [0.2, 0.25) is 0 Å². The van der Waals surface area contributed by atoms with Gasteiger partial charge in [0.05, 0.1) is 0 Å². The topological polar surface area (TPSA) is 63.3 Å². The summed E-state index contributed by atoms with van der Waals surface area (Å²) in [6.45, 7) is 0. The maximum Gasteiger partial charge on any atom is 0.321 e. The second-order valence-corrected chi connectivity index (χ2v) is 4.35. The van der Waals surface area contributed by atoms with Crippen LogP contribution in [0.4, 0.5) is 0 Å². The number of hydrogen-bond acceptors (Lipinski definition) is 3. The van der Waals surface area contributed by atoms with Gasteiger partial charge in [-0.2, -0.15) is 11.8 Å². The third kappa shape index (κ3) is 3.03. The molecule has 3 N–H and O–H groups in total. The zero-order valence-electron chi connectivity index (χ0n) is 7.03. The minimum atomic E-state index is -0.892. The summed E-state index contributed by atoms with van der Waals surface area (Å²) in [6.07, 6.45) is 3.97. The number of carboxylic acid groups (broad SMARTS) is 1. The van der Waals surface area contributed by atoms with Crippen LogP contribution in [0.3, 0.4) is 0 Å². The van der Waals surface area contributed by atoms with Crippen LogP contribution >= 0.6 is 11.8 Å². The highest BCUT2D eigenvalue weighted by atomic mass is 32.2. The van der Waals surface area contributed by atoms with Crippen molar-refractivity contribution in [3.8, 4) is 0 Å². The van der Waals surface area contributed by atoms with Crippen LogP contribution in [0, 0.1) is 5.92 Å². The maximum atomic E-state index is 10.3. The second kappa shape index (κ2) is 4.72. The average Bonchev–Trinajstić information content (AvgIpc) is 1.93. The van der Waals surface area contributed by atoms with Crippen LogP contribution in [0.5, 0.6) is 0 Å². The van der Waals surface area contributed by atoms with Crippen LogP contribution in [0.1, 0.15) is 19.3 Å². The molecular formula is C8H15NO2S. The lowest BCUT2D eigenvalue weighted by molar-refractivity contribution is -0.137. The summed E-state index contributed by atoms with van der Waals surface area (Å²) in [4.78, 5) is 10.3. The summed E-state index contributed by atoms with van der Waals surface area (Å²) >= 11 is 1.67. The van der Waals surface area contributed by atoms with Gasteiger partial charge in [-0.3, -0.25) is 4.79 Å². The van der Waals surface area contributed by atoms with Crippen molar-refractivity contribution in [2.75, 3.05) is 11.5 Å². The molecule has 0 aromatic rings. The molecule has 0 aliphatic heterocycles. The van der Waals surface area contributed by atoms with E-state index in [2.05, 4.69) is 0 Å².